The Balaban J connectivity index is 0. The van der Waals surface area contributed by atoms with E-state index in [0.717, 1.165) is 9.37 Å². The summed E-state index contributed by atoms with van der Waals surface area (Å²) in [5.74, 6) is -1.15. The zero-order valence-electron chi connectivity index (χ0n) is 24.2. The number of carbonyl (C=O) groups is 1. The van der Waals surface area contributed by atoms with E-state index in [9.17, 15) is 8.78 Å². The average Bonchev–Trinajstić information content (AvgIpc) is 3.00. The van der Waals surface area contributed by atoms with Crippen LogP contribution in [0.15, 0.2) is 161 Å². The van der Waals surface area contributed by atoms with Gasteiger partial charge in [-0.3, -0.25) is 4.79 Å². The first-order valence-electron chi connectivity index (χ1n) is 11.7. The van der Waals surface area contributed by atoms with Crippen LogP contribution in [0.1, 0.15) is 1.43 Å². The molecule has 0 fully saturated rings. The Bertz CT molecular complexity index is 1390. The van der Waals surface area contributed by atoms with E-state index in [1.165, 1.54) is 37.8 Å². The van der Waals surface area contributed by atoms with E-state index >= 15 is 0 Å². The summed E-state index contributed by atoms with van der Waals surface area (Å²) in [6.07, 6.45) is 0. The molecular formula is C31H24Br2F2K2O3S3. The standard InChI is InChI=1S/C18H13BrS2.C6H3BrF2.C6H6S.CH2O3.2K.H/c19-18-16(20-14-8-3-1-4-9-14)12-7-13-17(18)21-15-10-5-2-6-11-15;7-6-4(8)2-1-3-5(6)9;7-6-4-2-1-3-5-6;2-1-4-3;;;/h1-13H;1-3H;1-5,7H;1,3H;;;/q;;;;2*+1;-1/p-1. The van der Waals surface area contributed by atoms with E-state index in [0.29, 0.717) is 0 Å². The fourth-order valence-electron chi connectivity index (χ4n) is 2.78. The van der Waals surface area contributed by atoms with E-state index < -0.39 is 11.6 Å². The molecule has 0 unspecified atom stereocenters. The summed E-state index contributed by atoms with van der Waals surface area (Å²) >= 11 is 14.1. The van der Waals surface area contributed by atoms with Crippen molar-refractivity contribution >= 4 is 74.5 Å². The second-order valence-corrected chi connectivity index (χ2v) is 11.8. The normalized spacial score (nSPS) is 9.07. The molecule has 5 rings (SSSR count). The summed E-state index contributed by atoms with van der Waals surface area (Å²) < 4.78 is 25.6. The van der Waals surface area contributed by atoms with Gasteiger partial charge in [0, 0.05) is 29.0 Å². The molecule has 0 amide bonds. The molecule has 5 aromatic carbocycles. The Hall–Kier alpha value is 0.673. The van der Waals surface area contributed by atoms with Crippen LogP contribution in [0.4, 0.5) is 8.78 Å². The van der Waals surface area contributed by atoms with Crippen LogP contribution in [-0.4, -0.2) is 6.47 Å². The second kappa shape index (κ2) is 26.7. The summed E-state index contributed by atoms with van der Waals surface area (Å²) in [5, 5.41) is 8.43. The molecule has 0 heterocycles. The Morgan fingerprint density at radius 3 is 1.28 bits per heavy atom. The molecule has 5 aromatic rings. The van der Waals surface area contributed by atoms with Gasteiger partial charge in [-0.1, -0.05) is 90.3 Å². The van der Waals surface area contributed by atoms with Crippen molar-refractivity contribution in [2.45, 2.75) is 24.5 Å². The molecular weight excluding hydrogens is 793 g/mol. The monoisotopic (exact) mass is 814 g/mol. The molecule has 0 aliphatic rings. The molecule has 0 saturated heterocycles. The number of benzene rings is 5. The largest absolute Gasteiger partial charge is 1.00 e. The first kappa shape index (κ1) is 43.7. The van der Waals surface area contributed by atoms with Gasteiger partial charge < -0.3 is 11.6 Å². The minimum Gasteiger partial charge on any atom is -1.00 e. The molecule has 12 heteroatoms. The zero-order chi connectivity index (χ0) is 29.9. The van der Waals surface area contributed by atoms with Crippen molar-refractivity contribution in [3.8, 4) is 0 Å². The maximum absolute atomic E-state index is 12.3. The van der Waals surface area contributed by atoms with E-state index in [2.05, 4.69) is 116 Å². The summed E-state index contributed by atoms with van der Waals surface area (Å²) in [6.45, 7) is -0.181. The molecule has 0 aromatic heterocycles. The molecule has 0 aliphatic heterocycles. The summed E-state index contributed by atoms with van der Waals surface area (Å²) in [4.78, 5) is 17.2. The molecule has 0 atom stereocenters. The third-order valence-corrected chi connectivity index (χ3v) is 9.14. The van der Waals surface area contributed by atoms with Crippen LogP contribution in [-0.2, 0) is 9.68 Å². The Labute approximate surface area is 368 Å². The van der Waals surface area contributed by atoms with Gasteiger partial charge in [-0.2, -0.15) is 0 Å². The summed E-state index contributed by atoms with van der Waals surface area (Å²) in [6, 6.07) is 40.8. The molecule has 0 radical (unpaired) electrons. The van der Waals surface area contributed by atoms with Crippen molar-refractivity contribution in [3.63, 3.8) is 0 Å². The molecule has 0 saturated carbocycles. The quantitative estimate of drug-likeness (QED) is 0.0727. The SMILES string of the molecule is Brc1c(Sc2ccccc2)cccc1Sc1ccccc1.Fc1cccc(F)c1Br.O=CO[O-].Sc1ccccc1.[H-].[K+].[K+]. The second-order valence-electron chi connectivity index (χ2n) is 7.46. The predicted molar refractivity (Wildman–Crippen MR) is 171 cm³/mol. The third-order valence-electron chi connectivity index (χ3n) is 4.57. The van der Waals surface area contributed by atoms with Gasteiger partial charge in [0.25, 0.3) is 6.47 Å². The van der Waals surface area contributed by atoms with Crippen molar-refractivity contribution < 1.29 is 128 Å². The minimum absolute atomic E-state index is 0. The van der Waals surface area contributed by atoms with Gasteiger partial charge in [0.1, 0.15) is 11.6 Å². The van der Waals surface area contributed by atoms with Gasteiger partial charge in [-0.25, -0.2) is 8.78 Å². The zero-order valence-corrected chi connectivity index (χ0v) is 35.1. The van der Waals surface area contributed by atoms with E-state index in [1.54, 1.807) is 23.5 Å². The van der Waals surface area contributed by atoms with Crippen molar-refractivity contribution in [1.29, 1.82) is 0 Å². The minimum atomic E-state index is -0.574. The van der Waals surface area contributed by atoms with Gasteiger partial charge in [-0.15, -0.1) is 12.6 Å². The van der Waals surface area contributed by atoms with Crippen molar-refractivity contribution in [1.82, 2.24) is 0 Å². The first-order chi connectivity index (χ1) is 19.8. The van der Waals surface area contributed by atoms with Crippen LogP contribution in [0.25, 0.3) is 0 Å². The van der Waals surface area contributed by atoms with Crippen LogP contribution in [0.2, 0.25) is 0 Å². The molecule has 0 aliphatic carbocycles. The van der Waals surface area contributed by atoms with Crippen LogP contribution in [0.3, 0.4) is 0 Å². The van der Waals surface area contributed by atoms with Crippen LogP contribution >= 0.6 is 68.0 Å². The first-order valence-corrected chi connectivity index (χ1v) is 15.3. The number of carbonyl (C=O) groups excluding carboxylic acids is 1. The maximum Gasteiger partial charge on any atom is 1.00 e. The average molecular weight is 817 g/mol. The fraction of sp³-hybridized carbons (Fsp3) is 0. The van der Waals surface area contributed by atoms with Crippen LogP contribution in [0.5, 0.6) is 0 Å². The number of halogens is 4. The van der Waals surface area contributed by atoms with Gasteiger partial charge in [0.05, 0.1) is 4.47 Å². The Kier molecular flexibility index (Phi) is 27.1. The number of hydrogen-bond acceptors (Lipinski definition) is 6. The van der Waals surface area contributed by atoms with Gasteiger partial charge in [0.2, 0.25) is 0 Å². The summed E-state index contributed by atoms with van der Waals surface area (Å²) in [5.41, 5.74) is 0. The Morgan fingerprint density at radius 2 is 0.977 bits per heavy atom. The molecule has 0 spiro atoms. The van der Waals surface area contributed by atoms with E-state index in [4.69, 9.17) is 10.1 Å². The molecule has 43 heavy (non-hydrogen) atoms. The van der Waals surface area contributed by atoms with Crippen molar-refractivity contribution in [2.75, 3.05) is 0 Å². The van der Waals surface area contributed by atoms with E-state index in [1.807, 2.05) is 42.5 Å². The molecule has 214 valence electrons. The molecule has 3 nitrogen and oxygen atoms in total. The van der Waals surface area contributed by atoms with E-state index in [-0.39, 0.29) is 115 Å². The Morgan fingerprint density at radius 1 is 0.628 bits per heavy atom. The number of rotatable bonds is 5. The number of hydrogen-bond donors (Lipinski definition) is 1. The van der Waals surface area contributed by atoms with Crippen molar-refractivity contribution in [3.05, 3.63) is 148 Å². The van der Waals surface area contributed by atoms with Crippen LogP contribution < -0.4 is 108 Å². The maximum atomic E-state index is 12.3. The molecule has 0 N–H and O–H groups in total. The topological polar surface area (TPSA) is 49.4 Å². The van der Waals surface area contributed by atoms with Gasteiger partial charge >= 0.3 is 103 Å². The fourth-order valence-corrected chi connectivity index (χ4v) is 5.82. The third kappa shape index (κ3) is 18.6. The number of thiol groups is 1. The summed E-state index contributed by atoms with van der Waals surface area (Å²) in [7, 11) is 0. The van der Waals surface area contributed by atoms with Gasteiger partial charge in [-0.05, 0) is 92.5 Å². The van der Waals surface area contributed by atoms with Gasteiger partial charge in [0.15, 0.2) is 0 Å². The van der Waals surface area contributed by atoms with Crippen LogP contribution in [0, 0.1) is 11.6 Å². The smallest absolute Gasteiger partial charge is 1.00 e. The predicted octanol–water partition coefficient (Wildman–Crippen LogP) is 4.01. The van der Waals surface area contributed by atoms with Crippen molar-refractivity contribution in [2.24, 2.45) is 0 Å². The molecule has 0 bridgehead atoms.